The Kier molecular flexibility index (Phi) is 6.73. The number of amides is 1. The minimum atomic E-state index is -3.72. The average Bonchev–Trinajstić information content (AvgIpc) is 3.33. The number of aromatic nitrogens is 2. The first-order chi connectivity index (χ1) is 18.2. The number of hydrogen-bond donors (Lipinski definition) is 2. The minimum Gasteiger partial charge on any atom is -0.483 e. The fourth-order valence-electron chi connectivity index (χ4n) is 4.43. The predicted octanol–water partition coefficient (Wildman–Crippen LogP) is 3.82. The molecule has 38 heavy (non-hydrogen) atoms. The zero-order valence-electron chi connectivity index (χ0n) is 20.9. The minimum absolute atomic E-state index is 0.170. The van der Waals surface area contributed by atoms with Gasteiger partial charge < -0.3 is 15.0 Å². The van der Waals surface area contributed by atoms with Gasteiger partial charge in [0, 0.05) is 29.6 Å². The Morgan fingerprint density at radius 2 is 1.87 bits per heavy atom. The molecular weight excluding hydrogens is 504 g/mol. The van der Waals surface area contributed by atoms with Crippen LogP contribution in [0, 0.1) is 13.8 Å². The fraction of sp³-hybridized carbons (Fsp3) is 0.179. The second-order valence-corrected chi connectivity index (χ2v) is 10.9. The van der Waals surface area contributed by atoms with E-state index >= 15 is 0 Å². The van der Waals surface area contributed by atoms with Crippen LogP contribution in [0.1, 0.15) is 16.8 Å². The van der Waals surface area contributed by atoms with Gasteiger partial charge in [0.15, 0.2) is 6.61 Å². The van der Waals surface area contributed by atoms with Gasteiger partial charge in [0.25, 0.3) is 21.5 Å². The van der Waals surface area contributed by atoms with Crippen LogP contribution in [0.5, 0.6) is 5.75 Å². The molecule has 194 valence electrons. The summed E-state index contributed by atoms with van der Waals surface area (Å²) in [5.41, 5.74) is 3.81. The lowest BCUT2D eigenvalue weighted by Gasteiger charge is -2.20. The molecule has 4 aromatic rings. The molecule has 1 amide bonds. The predicted molar refractivity (Wildman–Crippen MR) is 145 cm³/mol. The molecule has 2 N–H and O–H groups in total. The van der Waals surface area contributed by atoms with Crippen molar-refractivity contribution in [2.45, 2.75) is 25.2 Å². The second kappa shape index (κ2) is 10.1. The van der Waals surface area contributed by atoms with E-state index in [1.807, 2.05) is 24.3 Å². The van der Waals surface area contributed by atoms with Gasteiger partial charge in [-0.3, -0.25) is 13.9 Å². The number of aryl methyl sites for hydroxylation is 2. The van der Waals surface area contributed by atoms with Crippen molar-refractivity contribution in [2.75, 3.05) is 22.8 Å². The molecule has 2 heterocycles. The van der Waals surface area contributed by atoms with E-state index in [4.69, 9.17) is 4.74 Å². The lowest BCUT2D eigenvalue weighted by atomic mass is 10.2. The van der Waals surface area contributed by atoms with Crippen LogP contribution >= 0.6 is 0 Å². The van der Waals surface area contributed by atoms with Crippen LogP contribution in [0.3, 0.4) is 0 Å². The SMILES string of the molecule is Cc1cc(=O)[nH]c(-c2cccc(NC(=O)COc3ccc(S(=O)(=O)N4CCc5ccccc54)cc3C)c2)n1. The van der Waals surface area contributed by atoms with Gasteiger partial charge in [-0.2, -0.15) is 0 Å². The summed E-state index contributed by atoms with van der Waals surface area (Å²) in [5, 5.41) is 2.77. The number of para-hydroxylation sites is 1. The molecule has 1 aromatic heterocycles. The highest BCUT2D eigenvalue weighted by Gasteiger charge is 2.30. The first-order valence-electron chi connectivity index (χ1n) is 12.0. The summed E-state index contributed by atoms with van der Waals surface area (Å²) < 4.78 is 33.7. The molecule has 0 saturated carbocycles. The maximum atomic E-state index is 13.3. The van der Waals surface area contributed by atoms with E-state index in [2.05, 4.69) is 15.3 Å². The van der Waals surface area contributed by atoms with E-state index in [1.165, 1.54) is 16.4 Å². The lowest BCUT2D eigenvalue weighted by Crippen LogP contribution is -2.29. The Morgan fingerprint density at radius 1 is 1.05 bits per heavy atom. The molecule has 0 aliphatic carbocycles. The highest BCUT2D eigenvalue weighted by Crippen LogP contribution is 2.33. The molecule has 0 radical (unpaired) electrons. The zero-order valence-corrected chi connectivity index (χ0v) is 21.7. The molecule has 1 aliphatic rings. The number of aromatic amines is 1. The maximum Gasteiger partial charge on any atom is 0.264 e. The van der Waals surface area contributed by atoms with Crippen LogP contribution in [0.15, 0.2) is 82.5 Å². The Hall–Kier alpha value is -4.44. The molecule has 1 aliphatic heterocycles. The highest BCUT2D eigenvalue weighted by atomic mass is 32.2. The molecule has 5 rings (SSSR count). The summed E-state index contributed by atoms with van der Waals surface area (Å²) >= 11 is 0. The van der Waals surface area contributed by atoms with Crippen LogP contribution in [0.2, 0.25) is 0 Å². The molecule has 0 spiro atoms. The quantitative estimate of drug-likeness (QED) is 0.375. The van der Waals surface area contributed by atoms with Crippen molar-refractivity contribution < 1.29 is 17.9 Å². The Labute approximate surface area is 220 Å². The van der Waals surface area contributed by atoms with E-state index in [0.29, 0.717) is 52.7 Å². The van der Waals surface area contributed by atoms with Crippen molar-refractivity contribution in [3.05, 3.63) is 100.0 Å². The molecule has 3 aromatic carbocycles. The highest BCUT2D eigenvalue weighted by molar-refractivity contribution is 7.92. The zero-order chi connectivity index (χ0) is 26.9. The van der Waals surface area contributed by atoms with Crippen molar-refractivity contribution >= 4 is 27.3 Å². The largest absolute Gasteiger partial charge is 0.483 e. The Morgan fingerprint density at radius 3 is 2.66 bits per heavy atom. The van der Waals surface area contributed by atoms with Crippen molar-refractivity contribution in [1.82, 2.24) is 9.97 Å². The van der Waals surface area contributed by atoms with E-state index in [9.17, 15) is 18.0 Å². The average molecular weight is 531 g/mol. The number of H-pyrrole nitrogens is 1. The van der Waals surface area contributed by atoms with E-state index in [0.717, 1.165) is 5.56 Å². The van der Waals surface area contributed by atoms with Gasteiger partial charge in [0.1, 0.15) is 11.6 Å². The smallest absolute Gasteiger partial charge is 0.264 e. The standard InChI is InChI=1S/C28H26N4O5S/c1-18-14-23(38(35,36)32-13-12-20-6-3-4-9-24(20)32)10-11-25(18)37-17-27(34)30-22-8-5-7-21(16-22)28-29-19(2)15-26(33)31-28/h3-11,14-16H,12-13,17H2,1-2H3,(H,30,34)(H,29,31,33). The van der Waals surface area contributed by atoms with Crippen molar-refractivity contribution in [2.24, 2.45) is 0 Å². The van der Waals surface area contributed by atoms with Crippen molar-refractivity contribution in [3.8, 4) is 17.1 Å². The number of fused-ring (bicyclic) bond motifs is 1. The molecule has 0 fully saturated rings. The number of nitrogens with zero attached hydrogens (tertiary/aromatic N) is 2. The van der Waals surface area contributed by atoms with Crippen LogP contribution < -0.4 is 19.9 Å². The maximum absolute atomic E-state index is 13.3. The summed E-state index contributed by atoms with van der Waals surface area (Å²) in [5.74, 6) is 0.430. The van der Waals surface area contributed by atoms with Crippen LogP contribution in [-0.2, 0) is 21.2 Å². The third kappa shape index (κ3) is 5.16. The molecule has 0 saturated heterocycles. The lowest BCUT2D eigenvalue weighted by molar-refractivity contribution is -0.118. The number of benzene rings is 3. The summed E-state index contributed by atoms with van der Waals surface area (Å²) in [6, 6.07) is 20.5. The van der Waals surface area contributed by atoms with Crippen molar-refractivity contribution in [1.29, 1.82) is 0 Å². The van der Waals surface area contributed by atoms with Crippen LogP contribution in [0.4, 0.5) is 11.4 Å². The normalized spacial score (nSPS) is 12.7. The van der Waals surface area contributed by atoms with Crippen LogP contribution in [0.25, 0.3) is 11.4 Å². The van der Waals surface area contributed by atoms with Gasteiger partial charge in [-0.1, -0.05) is 30.3 Å². The van der Waals surface area contributed by atoms with Crippen LogP contribution in [-0.4, -0.2) is 37.4 Å². The molecular formula is C28H26N4O5S. The molecule has 9 nitrogen and oxygen atoms in total. The summed E-state index contributed by atoms with van der Waals surface area (Å²) in [6.07, 6.45) is 0.674. The fourth-order valence-corrected chi connectivity index (χ4v) is 6.02. The number of hydrogen-bond acceptors (Lipinski definition) is 6. The number of carbonyl (C=O) groups is 1. The number of nitrogens with one attached hydrogen (secondary N) is 2. The molecule has 10 heteroatoms. The van der Waals surface area contributed by atoms with E-state index in [1.54, 1.807) is 50.2 Å². The second-order valence-electron chi connectivity index (χ2n) is 9.04. The first-order valence-corrected chi connectivity index (χ1v) is 13.5. The first kappa shape index (κ1) is 25.2. The van der Waals surface area contributed by atoms with E-state index in [-0.39, 0.29) is 17.1 Å². The number of ether oxygens (including phenoxy) is 1. The van der Waals surface area contributed by atoms with Crippen molar-refractivity contribution in [3.63, 3.8) is 0 Å². The van der Waals surface area contributed by atoms with E-state index < -0.39 is 15.9 Å². The van der Waals surface area contributed by atoms with Gasteiger partial charge in [-0.25, -0.2) is 13.4 Å². The molecule has 0 atom stereocenters. The summed E-state index contributed by atoms with van der Waals surface area (Å²) in [6.45, 7) is 3.60. The third-order valence-electron chi connectivity index (χ3n) is 6.23. The third-order valence-corrected chi connectivity index (χ3v) is 8.04. The number of rotatable bonds is 7. The van der Waals surface area contributed by atoms with Gasteiger partial charge in [0.2, 0.25) is 0 Å². The monoisotopic (exact) mass is 530 g/mol. The van der Waals surface area contributed by atoms with Gasteiger partial charge in [-0.15, -0.1) is 0 Å². The Balaban J connectivity index is 1.25. The van der Waals surface area contributed by atoms with Gasteiger partial charge in [-0.05, 0) is 67.8 Å². The van der Waals surface area contributed by atoms with Gasteiger partial charge in [0.05, 0.1) is 10.6 Å². The summed E-state index contributed by atoms with van der Waals surface area (Å²) in [7, 11) is -3.72. The molecule has 0 unspecified atom stereocenters. The number of carbonyl (C=O) groups excluding carboxylic acids is 1. The number of anilines is 2. The topological polar surface area (TPSA) is 121 Å². The molecule has 0 bridgehead atoms. The van der Waals surface area contributed by atoms with Gasteiger partial charge >= 0.3 is 0 Å². The summed E-state index contributed by atoms with van der Waals surface area (Å²) in [4.78, 5) is 31.5. The number of sulfonamides is 1. The Bertz CT molecular complexity index is 1700.